The molecule has 2 aromatic rings. The van der Waals surface area contributed by atoms with Crippen LogP contribution >= 0.6 is 35.0 Å². The molecule has 94 valence electrons. The molecule has 0 saturated heterocycles. The molecule has 18 heavy (non-hydrogen) atoms. The van der Waals surface area contributed by atoms with Crippen molar-refractivity contribution in [2.24, 2.45) is 0 Å². The Hall–Kier alpha value is -1.10. The van der Waals surface area contributed by atoms with E-state index >= 15 is 0 Å². The van der Waals surface area contributed by atoms with Gasteiger partial charge in [0.05, 0.1) is 0 Å². The maximum absolute atomic E-state index is 10.6. The minimum Gasteiger partial charge on any atom is -0.475 e. The van der Waals surface area contributed by atoms with E-state index in [0.29, 0.717) is 20.9 Å². The third kappa shape index (κ3) is 3.22. The van der Waals surface area contributed by atoms with E-state index in [-0.39, 0.29) is 5.76 Å². The van der Waals surface area contributed by atoms with E-state index < -0.39 is 5.97 Å². The molecular formula is C12H8Cl2O3S. The Morgan fingerprint density at radius 2 is 2.06 bits per heavy atom. The van der Waals surface area contributed by atoms with Crippen LogP contribution in [0.15, 0.2) is 39.8 Å². The number of carbonyl (C=O) groups is 1. The summed E-state index contributed by atoms with van der Waals surface area (Å²) in [6.45, 7) is 0. The van der Waals surface area contributed by atoms with E-state index in [1.807, 2.05) is 0 Å². The lowest BCUT2D eigenvalue weighted by Crippen LogP contribution is -1.91. The van der Waals surface area contributed by atoms with Gasteiger partial charge in [-0.05, 0) is 35.9 Å². The Kier molecular flexibility index (Phi) is 4.22. The summed E-state index contributed by atoms with van der Waals surface area (Å²) < 4.78 is 5.12. The van der Waals surface area contributed by atoms with Crippen LogP contribution in [0.4, 0.5) is 0 Å². The van der Waals surface area contributed by atoms with E-state index in [1.165, 1.54) is 17.8 Å². The van der Waals surface area contributed by atoms with Crippen LogP contribution in [-0.4, -0.2) is 11.1 Å². The van der Waals surface area contributed by atoms with Gasteiger partial charge in [-0.3, -0.25) is 0 Å². The number of hydrogen-bond acceptors (Lipinski definition) is 3. The molecule has 0 bridgehead atoms. The lowest BCUT2D eigenvalue weighted by atomic mass is 10.2. The molecule has 2 rings (SSSR count). The predicted octanol–water partition coefficient (Wildman–Crippen LogP) is 4.58. The van der Waals surface area contributed by atoms with E-state index in [9.17, 15) is 4.79 Å². The van der Waals surface area contributed by atoms with Crippen molar-refractivity contribution >= 4 is 40.9 Å². The number of carboxylic acid groups (broad SMARTS) is 1. The molecule has 1 heterocycles. The number of carboxylic acids is 1. The van der Waals surface area contributed by atoms with E-state index in [2.05, 4.69) is 0 Å². The lowest BCUT2D eigenvalue weighted by Gasteiger charge is -2.03. The fourth-order valence-corrected chi connectivity index (χ4v) is 2.62. The smallest absolute Gasteiger partial charge is 0.371 e. The third-order valence-corrected chi connectivity index (χ3v) is 3.73. The summed E-state index contributed by atoms with van der Waals surface area (Å²) in [5.41, 5.74) is 0.877. The minimum absolute atomic E-state index is 0.0744. The molecule has 0 spiro atoms. The Morgan fingerprint density at radius 1 is 1.28 bits per heavy atom. The van der Waals surface area contributed by atoms with Gasteiger partial charge in [-0.15, -0.1) is 0 Å². The van der Waals surface area contributed by atoms with Crippen LogP contribution in [0.25, 0.3) is 0 Å². The third-order valence-electron chi connectivity index (χ3n) is 2.17. The van der Waals surface area contributed by atoms with Crippen LogP contribution in [0, 0.1) is 0 Å². The first kappa shape index (κ1) is 13.3. The van der Waals surface area contributed by atoms with Crippen molar-refractivity contribution in [1.29, 1.82) is 0 Å². The van der Waals surface area contributed by atoms with Crippen molar-refractivity contribution in [2.75, 3.05) is 0 Å². The fraction of sp³-hybridized carbons (Fsp3) is 0.0833. The second kappa shape index (κ2) is 5.69. The van der Waals surface area contributed by atoms with Gasteiger partial charge < -0.3 is 9.52 Å². The van der Waals surface area contributed by atoms with Gasteiger partial charge in [-0.1, -0.05) is 35.0 Å². The zero-order chi connectivity index (χ0) is 13.1. The second-order valence-electron chi connectivity index (χ2n) is 3.45. The summed E-state index contributed by atoms with van der Waals surface area (Å²) in [4.78, 5) is 10.6. The molecule has 0 amide bonds. The highest BCUT2D eigenvalue weighted by molar-refractivity contribution is 7.98. The molecule has 1 aromatic carbocycles. The molecule has 1 aromatic heterocycles. The van der Waals surface area contributed by atoms with Crippen LogP contribution in [0.1, 0.15) is 16.1 Å². The van der Waals surface area contributed by atoms with Crippen molar-refractivity contribution in [3.63, 3.8) is 0 Å². The first-order valence-electron chi connectivity index (χ1n) is 4.96. The monoisotopic (exact) mass is 302 g/mol. The molecule has 6 heteroatoms. The van der Waals surface area contributed by atoms with Crippen molar-refractivity contribution in [2.45, 2.75) is 10.8 Å². The first-order chi connectivity index (χ1) is 8.56. The highest BCUT2D eigenvalue weighted by Crippen LogP contribution is 2.29. The van der Waals surface area contributed by atoms with Crippen molar-refractivity contribution in [1.82, 2.24) is 0 Å². The number of thioether (sulfide) groups is 1. The van der Waals surface area contributed by atoms with E-state index in [4.69, 9.17) is 32.7 Å². The number of hydrogen-bond donors (Lipinski definition) is 1. The molecule has 1 N–H and O–H groups in total. The maximum atomic E-state index is 10.6. The molecule has 3 nitrogen and oxygen atoms in total. The van der Waals surface area contributed by atoms with Gasteiger partial charge in [0.15, 0.2) is 5.09 Å². The van der Waals surface area contributed by atoms with Gasteiger partial charge in [0.1, 0.15) is 0 Å². The van der Waals surface area contributed by atoms with Gasteiger partial charge >= 0.3 is 5.97 Å². The topological polar surface area (TPSA) is 50.4 Å². The summed E-state index contributed by atoms with van der Waals surface area (Å²) >= 11 is 13.3. The zero-order valence-corrected chi connectivity index (χ0v) is 11.4. The van der Waals surface area contributed by atoms with Crippen molar-refractivity contribution in [3.8, 4) is 0 Å². The second-order valence-corrected chi connectivity index (χ2v) is 5.27. The molecule has 0 aliphatic rings. The van der Waals surface area contributed by atoms with E-state index in [1.54, 1.807) is 24.3 Å². The van der Waals surface area contributed by atoms with Gasteiger partial charge in [-0.2, -0.15) is 0 Å². The fourth-order valence-electron chi connectivity index (χ4n) is 1.32. The van der Waals surface area contributed by atoms with Crippen molar-refractivity contribution in [3.05, 3.63) is 51.7 Å². The van der Waals surface area contributed by atoms with Crippen LogP contribution in [-0.2, 0) is 5.75 Å². The van der Waals surface area contributed by atoms with E-state index in [0.717, 1.165) is 5.56 Å². The molecule has 0 unspecified atom stereocenters. The number of halogens is 2. The summed E-state index contributed by atoms with van der Waals surface area (Å²) in [5, 5.41) is 10.5. The highest BCUT2D eigenvalue weighted by Gasteiger charge is 2.10. The van der Waals surface area contributed by atoms with Crippen molar-refractivity contribution < 1.29 is 14.3 Å². The average Bonchev–Trinajstić information content (AvgIpc) is 2.79. The molecule has 0 saturated carbocycles. The zero-order valence-electron chi connectivity index (χ0n) is 9.02. The Morgan fingerprint density at radius 3 is 2.72 bits per heavy atom. The molecular weight excluding hydrogens is 295 g/mol. The Bertz CT molecular complexity index is 580. The predicted molar refractivity (Wildman–Crippen MR) is 71.7 cm³/mol. The normalized spacial score (nSPS) is 10.6. The summed E-state index contributed by atoms with van der Waals surface area (Å²) in [5.74, 6) is -0.594. The quantitative estimate of drug-likeness (QED) is 0.840. The molecule has 0 radical (unpaired) electrons. The van der Waals surface area contributed by atoms with Gasteiger partial charge in [-0.25, -0.2) is 4.79 Å². The number of furan rings is 1. The lowest BCUT2D eigenvalue weighted by molar-refractivity contribution is 0.0656. The minimum atomic E-state index is -1.08. The van der Waals surface area contributed by atoms with Crippen LogP contribution in [0.5, 0.6) is 0 Å². The standard InChI is InChI=1S/C12H8Cl2O3S/c13-8-1-2-9(14)7(5-8)6-18-11-4-3-10(17-11)12(15)16/h1-5H,6H2,(H,15,16). The SMILES string of the molecule is O=C(O)c1ccc(SCc2cc(Cl)ccc2Cl)o1. The van der Waals surface area contributed by atoms with Crippen LogP contribution in [0.3, 0.4) is 0 Å². The Balaban J connectivity index is 2.06. The number of rotatable bonds is 4. The largest absolute Gasteiger partial charge is 0.475 e. The first-order valence-corrected chi connectivity index (χ1v) is 6.70. The maximum Gasteiger partial charge on any atom is 0.371 e. The van der Waals surface area contributed by atoms with Crippen LogP contribution in [0.2, 0.25) is 10.0 Å². The summed E-state index contributed by atoms with van der Waals surface area (Å²) in [6.07, 6.45) is 0. The number of aromatic carboxylic acids is 1. The van der Waals surface area contributed by atoms with Gasteiger partial charge in [0, 0.05) is 15.8 Å². The summed E-state index contributed by atoms with van der Waals surface area (Å²) in [6, 6.07) is 8.26. The van der Waals surface area contributed by atoms with Gasteiger partial charge in [0.2, 0.25) is 5.76 Å². The van der Waals surface area contributed by atoms with Crippen LogP contribution < -0.4 is 0 Å². The van der Waals surface area contributed by atoms with Gasteiger partial charge in [0.25, 0.3) is 0 Å². The highest BCUT2D eigenvalue weighted by atomic mass is 35.5. The molecule has 0 aliphatic heterocycles. The summed E-state index contributed by atoms with van der Waals surface area (Å²) in [7, 11) is 0. The molecule has 0 atom stereocenters. The Labute approximate surface area is 118 Å². The molecule has 0 fully saturated rings. The number of benzene rings is 1. The molecule has 0 aliphatic carbocycles. The average molecular weight is 303 g/mol.